The normalized spacial score (nSPS) is 15.0. The first kappa shape index (κ1) is 22.2. The van der Waals surface area contributed by atoms with Crippen LogP contribution >= 0.6 is 11.8 Å². The lowest BCUT2D eigenvalue weighted by Gasteiger charge is -2.40. The third-order valence-electron chi connectivity index (χ3n) is 4.89. The summed E-state index contributed by atoms with van der Waals surface area (Å²) in [6.07, 6.45) is 0. The third-order valence-corrected chi connectivity index (χ3v) is 5.90. The van der Waals surface area contributed by atoms with Crippen LogP contribution < -0.4 is 10.6 Å². The highest BCUT2D eigenvalue weighted by molar-refractivity contribution is 7.99. The van der Waals surface area contributed by atoms with Crippen molar-refractivity contribution < 1.29 is 14.3 Å². The number of carbonyl (C=O) groups excluding carboxylic acids is 2. The zero-order chi connectivity index (χ0) is 21.6. The molecule has 2 heterocycles. The first-order valence-electron chi connectivity index (χ1n) is 9.71. The summed E-state index contributed by atoms with van der Waals surface area (Å²) in [6, 6.07) is 6.84. The third kappa shape index (κ3) is 6.00. The number of benzene rings is 1. The highest BCUT2D eigenvalue weighted by atomic mass is 32.2. The smallest absolute Gasteiger partial charge is 0.251 e. The number of ether oxygens (including phenoxy) is 1. The Kier molecular flexibility index (Phi) is 7.40. The summed E-state index contributed by atoms with van der Waals surface area (Å²) in [7, 11) is 1.71. The number of rotatable bonds is 8. The lowest BCUT2D eigenvalue weighted by atomic mass is 10.0. The monoisotopic (exact) mass is 433 g/mol. The van der Waals surface area contributed by atoms with E-state index in [1.807, 2.05) is 0 Å². The number of tetrazole rings is 1. The van der Waals surface area contributed by atoms with Crippen LogP contribution in [0.2, 0.25) is 0 Å². The summed E-state index contributed by atoms with van der Waals surface area (Å²) in [5, 5.41) is 17.4. The van der Waals surface area contributed by atoms with Crippen LogP contribution in [0.3, 0.4) is 0 Å². The standard InChI is InChI=1S/C19H27N7O3S/c1-19(2,26-8-10-29-11-9-26)13-20-17(28)14-4-6-15(7-5-14)21-16(27)12-30-18-22-23-24-25(18)3/h4-7H,8-13H2,1-3H3,(H,20,28)(H,21,27). The molecular formula is C19H27N7O3S. The van der Waals surface area contributed by atoms with E-state index in [1.54, 1.807) is 31.3 Å². The molecule has 2 N–H and O–H groups in total. The molecule has 1 saturated heterocycles. The maximum absolute atomic E-state index is 12.5. The predicted octanol–water partition coefficient (Wildman–Crippen LogP) is 0.782. The predicted molar refractivity (Wildman–Crippen MR) is 113 cm³/mol. The molecule has 0 radical (unpaired) electrons. The number of nitrogens with zero attached hydrogens (tertiary/aromatic N) is 5. The Morgan fingerprint density at radius 1 is 1.20 bits per heavy atom. The molecule has 1 fully saturated rings. The van der Waals surface area contributed by atoms with Gasteiger partial charge in [0.1, 0.15) is 0 Å². The average molecular weight is 434 g/mol. The summed E-state index contributed by atoms with van der Waals surface area (Å²) < 4.78 is 6.90. The van der Waals surface area contributed by atoms with Crippen molar-refractivity contribution in [1.82, 2.24) is 30.4 Å². The molecular weight excluding hydrogens is 406 g/mol. The van der Waals surface area contributed by atoms with Gasteiger partial charge in [-0.15, -0.1) is 5.10 Å². The molecule has 0 saturated carbocycles. The van der Waals surface area contributed by atoms with Crippen molar-refractivity contribution in [3.63, 3.8) is 0 Å². The molecule has 1 aromatic heterocycles. The fourth-order valence-corrected chi connectivity index (χ4v) is 3.70. The molecule has 1 aromatic carbocycles. The fourth-order valence-electron chi connectivity index (χ4n) is 3.05. The number of aryl methyl sites for hydroxylation is 1. The molecule has 0 atom stereocenters. The van der Waals surface area contributed by atoms with Gasteiger partial charge in [0.05, 0.1) is 19.0 Å². The number of hydrogen-bond donors (Lipinski definition) is 2. The Bertz CT molecular complexity index is 863. The Labute approximate surface area is 179 Å². The van der Waals surface area contributed by atoms with Gasteiger partial charge in [-0.25, -0.2) is 4.68 Å². The zero-order valence-electron chi connectivity index (χ0n) is 17.4. The molecule has 0 unspecified atom stereocenters. The molecule has 3 rings (SSSR count). The van der Waals surface area contributed by atoms with Crippen molar-refractivity contribution in [3.8, 4) is 0 Å². The van der Waals surface area contributed by atoms with E-state index in [9.17, 15) is 9.59 Å². The van der Waals surface area contributed by atoms with Crippen LogP contribution in [-0.4, -0.2) is 81.1 Å². The summed E-state index contributed by atoms with van der Waals surface area (Å²) in [5.41, 5.74) is 1.02. The molecule has 2 aromatic rings. The van der Waals surface area contributed by atoms with Gasteiger partial charge < -0.3 is 15.4 Å². The van der Waals surface area contributed by atoms with E-state index >= 15 is 0 Å². The second-order valence-corrected chi connectivity index (χ2v) is 8.54. The number of amides is 2. The molecule has 162 valence electrons. The molecule has 0 spiro atoms. The van der Waals surface area contributed by atoms with E-state index < -0.39 is 0 Å². The molecule has 1 aliphatic rings. The van der Waals surface area contributed by atoms with E-state index in [4.69, 9.17) is 4.74 Å². The van der Waals surface area contributed by atoms with E-state index in [-0.39, 0.29) is 23.1 Å². The molecule has 2 amide bonds. The average Bonchev–Trinajstić information content (AvgIpc) is 3.16. The Balaban J connectivity index is 1.46. The minimum absolute atomic E-state index is 0.139. The van der Waals surface area contributed by atoms with Crippen molar-refractivity contribution in [2.75, 3.05) is 43.9 Å². The van der Waals surface area contributed by atoms with Gasteiger partial charge in [-0.3, -0.25) is 14.5 Å². The van der Waals surface area contributed by atoms with Crippen molar-refractivity contribution in [2.24, 2.45) is 7.05 Å². The molecule has 30 heavy (non-hydrogen) atoms. The van der Waals surface area contributed by atoms with Gasteiger partial charge in [-0.05, 0) is 48.5 Å². The Morgan fingerprint density at radius 2 is 1.90 bits per heavy atom. The van der Waals surface area contributed by atoms with Crippen LogP contribution in [0.15, 0.2) is 29.4 Å². The Hall–Kier alpha value is -2.50. The number of nitrogens with one attached hydrogen (secondary N) is 2. The van der Waals surface area contributed by atoms with E-state index in [2.05, 4.69) is 44.9 Å². The highest BCUT2D eigenvalue weighted by Gasteiger charge is 2.28. The largest absolute Gasteiger partial charge is 0.379 e. The fraction of sp³-hybridized carbons (Fsp3) is 0.526. The van der Waals surface area contributed by atoms with Crippen LogP contribution in [0.5, 0.6) is 0 Å². The first-order chi connectivity index (χ1) is 14.3. The van der Waals surface area contributed by atoms with Crippen LogP contribution in [0, 0.1) is 0 Å². The molecule has 0 bridgehead atoms. The molecule has 1 aliphatic heterocycles. The maximum Gasteiger partial charge on any atom is 0.251 e. The number of anilines is 1. The number of morpholine rings is 1. The quantitative estimate of drug-likeness (QED) is 0.587. The van der Waals surface area contributed by atoms with Crippen LogP contribution in [0.4, 0.5) is 5.69 Å². The highest BCUT2D eigenvalue weighted by Crippen LogP contribution is 2.17. The number of thioether (sulfide) groups is 1. The molecule has 10 nitrogen and oxygen atoms in total. The van der Waals surface area contributed by atoms with Crippen molar-refractivity contribution in [3.05, 3.63) is 29.8 Å². The van der Waals surface area contributed by atoms with Crippen LogP contribution in [-0.2, 0) is 16.6 Å². The first-order valence-corrected chi connectivity index (χ1v) is 10.7. The van der Waals surface area contributed by atoms with E-state index in [0.29, 0.717) is 23.0 Å². The topological polar surface area (TPSA) is 114 Å². The second kappa shape index (κ2) is 10.0. The Morgan fingerprint density at radius 3 is 2.53 bits per heavy atom. The van der Waals surface area contributed by atoms with Gasteiger partial charge in [0, 0.05) is 43.5 Å². The summed E-state index contributed by atoms with van der Waals surface area (Å²) >= 11 is 1.25. The maximum atomic E-state index is 12.5. The number of aromatic nitrogens is 4. The lowest BCUT2D eigenvalue weighted by Crippen LogP contribution is -2.55. The van der Waals surface area contributed by atoms with Crippen molar-refractivity contribution in [2.45, 2.75) is 24.5 Å². The zero-order valence-corrected chi connectivity index (χ0v) is 18.2. The van der Waals surface area contributed by atoms with Gasteiger partial charge >= 0.3 is 0 Å². The number of hydrogen-bond acceptors (Lipinski definition) is 8. The lowest BCUT2D eigenvalue weighted by molar-refractivity contribution is -0.113. The SMILES string of the molecule is Cn1nnnc1SCC(=O)Nc1ccc(C(=O)NCC(C)(C)N2CCOCC2)cc1. The minimum Gasteiger partial charge on any atom is -0.379 e. The molecule has 0 aliphatic carbocycles. The van der Waals surface area contributed by atoms with E-state index in [0.717, 1.165) is 26.3 Å². The van der Waals surface area contributed by atoms with Gasteiger partial charge in [-0.1, -0.05) is 11.8 Å². The van der Waals surface area contributed by atoms with Gasteiger partial charge in [0.25, 0.3) is 5.91 Å². The van der Waals surface area contributed by atoms with Gasteiger partial charge in [0.2, 0.25) is 11.1 Å². The summed E-state index contributed by atoms with van der Waals surface area (Å²) in [5.74, 6) is -0.125. The van der Waals surface area contributed by atoms with Crippen LogP contribution in [0.25, 0.3) is 0 Å². The number of carbonyl (C=O) groups is 2. The second-order valence-electron chi connectivity index (χ2n) is 7.59. The van der Waals surface area contributed by atoms with Gasteiger partial charge in [-0.2, -0.15) is 0 Å². The van der Waals surface area contributed by atoms with Crippen LogP contribution in [0.1, 0.15) is 24.2 Å². The molecule has 11 heteroatoms. The van der Waals surface area contributed by atoms with Crippen molar-refractivity contribution >= 4 is 29.3 Å². The van der Waals surface area contributed by atoms with Crippen molar-refractivity contribution in [1.29, 1.82) is 0 Å². The summed E-state index contributed by atoms with van der Waals surface area (Å²) in [4.78, 5) is 26.9. The minimum atomic E-state index is -0.174. The summed E-state index contributed by atoms with van der Waals surface area (Å²) in [6.45, 7) is 7.94. The van der Waals surface area contributed by atoms with E-state index in [1.165, 1.54) is 16.4 Å². The van der Waals surface area contributed by atoms with Gasteiger partial charge in [0.15, 0.2) is 0 Å².